The number of rotatable bonds is 18. The number of anilines is 1. The summed E-state index contributed by atoms with van der Waals surface area (Å²) in [4.78, 5) is 41.6. The van der Waals surface area contributed by atoms with Crippen LogP contribution in [0.15, 0.2) is 48.7 Å². The van der Waals surface area contributed by atoms with Crippen LogP contribution in [0, 0.1) is 11.6 Å². The van der Waals surface area contributed by atoms with Gasteiger partial charge in [-0.2, -0.15) is 0 Å². The van der Waals surface area contributed by atoms with E-state index in [0.29, 0.717) is 62.5 Å². The van der Waals surface area contributed by atoms with Gasteiger partial charge in [0.05, 0.1) is 6.54 Å². The number of nitrogens with one attached hydrogen (secondary N) is 3. The molecule has 0 saturated carbocycles. The van der Waals surface area contributed by atoms with Crippen LogP contribution in [-0.4, -0.2) is 107 Å². The summed E-state index contributed by atoms with van der Waals surface area (Å²) in [5.74, 6) is -2.01. The summed E-state index contributed by atoms with van der Waals surface area (Å²) in [6, 6.07) is 8.78. The van der Waals surface area contributed by atoms with E-state index in [9.17, 15) is 23.2 Å². The van der Waals surface area contributed by atoms with Crippen LogP contribution in [0.3, 0.4) is 0 Å². The highest BCUT2D eigenvalue weighted by Gasteiger charge is 2.29. The highest BCUT2D eigenvalue weighted by molar-refractivity contribution is 5.92. The second kappa shape index (κ2) is 19.0. The molecule has 0 bridgehead atoms. The maximum absolute atomic E-state index is 14.2. The number of aldehydes is 2. The molecule has 1 amide bonds. The average Bonchev–Trinajstić information content (AvgIpc) is 3.02. The van der Waals surface area contributed by atoms with Gasteiger partial charge in [0.1, 0.15) is 12.6 Å². The lowest BCUT2D eigenvalue weighted by Crippen LogP contribution is -2.44. The maximum atomic E-state index is 14.2. The smallest absolute Gasteiger partial charge is 0.226 e. The topological polar surface area (TPSA) is 123 Å². The first kappa shape index (κ1) is 36.6. The number of amides is 1. The number of likely N-dealkylation sites (tertiary alicyclic amines) is 1. The molecule has 1 saturated heterocycles. The van der Waals surface area contributed by atoms with E-state index in [0.717, 1.165) is 42.9 Å². The van der Waals surface area contributed by atoms with Crippen LogP contribution in [0.4, 0.5) is 14.5 Å². The van der Waals surface area contributed by atoms with Gasteiger partial charge < -0.3 is 31.4 Å². The number of benzene rings is 2. The highest BCUT2D eigenvalue weighted by Crippen LogP contribution is 2.29. The fourth-order valence-corrected chi connectivity index (χ4v) is 5.02. The molecule has 242 valence electrons. The minimum absolute atomic E-state index is 0.116. The third-order valence-electron chi connectivity index (χ3n) is 7.76. The van der Waals surface area contributed by atoms with E-state index in [1.807, 2.05) is 35.8 Å². The lowest BCUT2D eigenvalue weighted by Gasteiger charge is -2.41. The van der Waals surface area contributed by atoms with Gasteiger partial charge in [-0.05, 0) is 63.0 Å². The first-order valence-corrected chi connectivity index (χ1v) is 14.7. The van der Waals surface area contributed by atoms with Crippen molar-refractivity contribution in [1.29, 1.82) is 0 Å². The molecule has 2 aromatic carbocycles. The molecule has 0 aliphatic carbocycles. The second-order valence-electron chi connectivity index (χ2n) is 10.7. The van der Waals surface area contributed by atoms with E-state index < -0.39 is 11.6 Å². The van der Waals surface area contributed by atoms with Gasteiger partial charge in [-0.25, -0.2) is 8.78 Å². The molecular weight excluding hydrogens is 568 g/mol. The van der Waals surface area contributed by atoms with Crippen LogP contribution in [0.25, 0.3) is 0 Å². The Morgan fingerprint density at radius 2 is 1.89 bits per heavy atom. The van der Waals surface area contributed by atoms with Crippen molar-refractivity contribution in [2.24, 2.45) is 5.73 Å². The van der Waals surface area contributed by atoms with Crippen LogP contribution >= 0.6 is 0 Å². The van der Waals surface area contributed by atoms with Crippen LogP contribution in [0.2, 0.25) is 0 Å². The van der Waals surface area contributed by atoms with E-state index in [2.05, 4.69) is 28.3 Å². The number of carbonyl (C=O) groups excluding carboxylic acids is 3. The summed E-state index contributed by atoms with van der Waals surface area (Å²) in [7, 11) is 7.15. The first-order valence-electron chi connectivity index (χ1n) is 14.7. The normalized spacial score (nSPS) is 15.0. The van der Waals surface area contributed by atoms with E-state index in [1.165, 1.54) is 13.1 Å². The Balaban J connectivity index is 0.00000330. The molecule has 2 aromatic rings. The quantitative estimate of drug-likeness (QED) is 0.114. The molecule has 44 heavy (non-hydrogen) atoms. The van der Waals surface area contributed by atoms with Crippen molar-refractivity contribution in [3.05, 3.63) is 77.0 Å². The zero-order chi connectivity index (χ0) is 32.6. The third-order valence-corrected chi connectivity index (χ3v) is 7.76. The van der Waals surface area contributed by atoms with Gasteiger partial charge in [-0.3, -0.25) is 19.4 Å². The Bertz CT molecular complexity index is 1250. The van der Waals surface area contributed by atoms with Crippen molar-refractivity contribution in [2.75, 3.05) is 72.9 Å². The predicted molar refractivity (Wildman–Crippen MR) is 170 cm³/mol. The van der Waals surface area contributed by atoms with Gasteiger partial charge >= 0.3 is 0 Å². The van der Waals surface area contributed by atoms with Gasteiger partial charge in [0, 0.05) is 81.8 Å². The number of nitrogens with two attached hydrogens (primary N) is 1. The third kappa shape index (κ3) is 10.9. The summed E-state index contributed by atoms with van der Waals surface area (Å²) < 4.78 is 28.0. The fraction of sp³-hybridized carbons (Fsp3) is 0.469. The molecular formula is C32H47F2N7O3. The predicted octanol–water partition coefficient (Wildman–Crippen LogP) is 2.38. The lowest BCUT2D eigenvalue weighted by atomic mass is 9.94. The number of carbonyl (C=O) groups is 3. The highest BCUT2D eigenvalue weighted by atomic mass is 19.2. The Morgan fingerprint density at radius 1 is 1.14 bits per heavy atom. The average molecular weight is 616 g/mol. The molecule has 1 fully saturated rings. The van der Waals surface area contributed by atoms with Crippen molar-refractivity contribution in [3.8, 4) is 0 Å². The van der Waals surface area contributed by atoms with Gasteiger partial charge in [0.15, 0.2) is 11.6 Å². The van der Waals surface area contributed by atoms with Crippen LogP contribution in [-0.2, 0) is 16.0 Å². The Morgan fingerprint density at radius 3 is 2.50 bits per heavy atom. The van der Waals surface area contributed by atoms with Crippen LogP contribution in [0.5, 0.6) is 0 Å². The van der Waals surface area contributed by atoms with E-state index >= 15 is 0 Å². The molecule has 2 atom stereocenters. The van der Waals surface area contributed by atoms with Gasteiger partial charge in [0.2, 0.25) is 5.91 Å². The molecule has 0 radical (unpaired) electrons. The molecule has 0 aromatic heterocycles. The van der Waals surface area contributed by atoms with Crippen LogP contribution in [0.1, 0.15) is 40.4 Å². The van der Waals surface area contributed by atoms with E-state index in [1.54, 1.807) is 24.3 Å². The summed E-state index contributed by atoms with van der Waals surface area (Å²) in [5.41, 5.74) is 7.73. The zero-order valence-electron chi connectivity index (χ0n) is 26.2. The number of hydrogen-bond acceptors (Lipinski definition) is 9. The summed E-state index contributed by atoms with van der Waals surface area (Å²) >= 11 is 0. The van der Waals surface area contributed by atoms with Crippen molar-refractivity contribution >= 4 is 24.2 Å². The Hall–Kier alpha value is -3.55. The summed E-state index contributed by atoms with van der Waals surface area (Å²) in [5, 5.41) is 9.27. The minimum atomic E-state index is -0.938. The van der Waals surface area contributed by atoms with Crippen molar-refractivity contribution in [3.63, 3.8) is 0 Å². The molecule has 0 spiro atoms. The monoisotopic (exact) mass is 615 g/mol. The standard InChI is InChI=1S/C31H42F2N6O3.CH5N/c1-22-15-27(38(22)4)19-31(42)36-26-7-5-23(25(16-26)20-41)18-30(24-6-8-28(32)29(33)17-24)37(3)11-10-35-21-39(13-14-40)12-9-34-2;1-2/h5-8,14,16-17,20,27,30,34-35H,1,9-13,15,18-19,21H2,2-4H3,(H,36,42);2H2,1H3. The molecule has 1 aliphatic rings. The van der Waals surface area contributed by atoms with Crippen molar-refractivity contribution < 1.29 is 23.2 Å². The number of nitrogens with zero attached hydrogens (tertiary/aromatic N) is 3. The molecule has 12 heteroatoms. The number of likely N-dealkylation sites (N-methyl/N-ethyl adjacent to an activating group) is 2. The van der Waals surface area contributed by atoms with Gasteiger partial charge in [-0.15, -0.1) is 0 Å². The zero-order valence-corrected chi connectivity index (χ0v) is 26.2. The molecule has 1 heterocycles. The molecule has 2 unspecified atom stereocenters. The molecule has 5 N–H and O–H groups in total. The molecule has 3 rings (SSSR count). The van der Waals surface area contributed by atoms with E-state index in [4.69, 9.17) is 0 Å². The molecule has 10 nitrogen and oxygen atoms in total. The van der Waals surface area contributed by atoms with Gasteiger partial charge in [-0.1, -0.05) is 18.7 Å². The Kier molecular flexibility index (Phi) is 15.8. The summed E-state index contributed by atoms with van der Waals surface area (Å²) in [6.07, 6.45) is 3.08. The molecule has 1 aliphatic heterocycles. The first-order chi connectivity index (χ1) is 21.2. The van der Waals surface area contributed by atoms with Crippen molar-refractivity contribution in [1.82, 2.24) is 25.3 Å². The maximum Gasteiger partial charge on any atom is 0.226 e. The second-order valence-corrected chi connectivity index (χ2v) is 10.7. The number of halogens is 2. The summed E-state index contributed by atoms with van der Waals surface area (Å²) in [6.45, 7) is 7.39. The largest absolute Gasteiger partial charge is 0.374 e. The van der Waals surface area contributed by atoms with Crippen molar-refractivity contribution in [2.45, 2.75) is 31.3 Å². The fourth-order valence-electron chi connectivity index (χ4n) is 5.02. The minimum Gasteiger partial charge on any atom is -0.374 e. The van der Waals surface area contributed by atoms with E-state index in [-0.39, 0.29) is 18.0 Å². The Labute approximate surface area is 259 Å². The lowest BCUT2D eigenvalue weighted by molar-refractivity contribution is -0.117. The number of hydrogen-bond donors (Lipinski definition) is 4. The van der Waals surface area contributed by atoms with Gasteiger partial charge in [0.25, 0.3) is 0 Å². The van der Waals surface area contributed by atoms with Crippen LogP contribution < -0.4 is 21.7 Å². The SMILES string of the molecule is C=C1CC(CC(=O)Nc2ccc(CC(c3ccc(F)c(F)c3)N(C)CCNCN(CC=O)CCNC)c(C=O)c2)N1C.CN.